The van der Waals surface area contributed by atoms with Gasteiger partial charge >= 0.3 is 0 Å². The van der Waals surface area contributed by atoms with Gasteiger partial charge in [0.2, 0.25) is 0 Å². The van der Waals surface area contributed by atoms with Crippen LogP contribution < -0.4 is 9.80 Å². The van der Waals surface area contributed by atoms with E-state index in [9.17, 15) is 0 Å². The van der Waals surface area contributed by atoms with Crippen LogP contribution in [0.5, 0.6) is 0 Å². The van der Waals surface area contributed by atoms with Crippen molar-refractivity contribution in [2.24, 2.45) is 14.1 Å². The summed E-state index contributed by atoms with van der Waals surface area (Å²) in [4.78, 5) is 15.4. The number of fused-ring (bicyclic) bond motifs is 6. The summed E-state index contributed by atoms with van der Waals surface area (Å²) in [5.41, 5.74) is 31.3. The Morgan fingerprint density at radius 2 is 0.441 bits per heavy atom. The van der Waals surface area contributed by atoms with Crippen molar-refractivity contribution in [2.45, 2.75) is 0 Å². The Balaban J connectivity index is 0.000000152. The van der Waals surface area contributed by atoms with Crippen molar-refractivity contribution in [3.05, 3.63) is 449 Å². The summed E-state index contributed by atoms with van der Waals surface area (Å²) in [5.74, 6) is 1.85. The standard InChI is InChI=1S/C58H42N4.C52H38N4/c1-60-57(46-23-12-5-13-24-46)56(45-21-10-4-11-22-45)59-58(60)47-33-39-50(40-34-47)62-52-26-15-14-25-51(52)55-53(27-16-28-54(55)62)61(48-35-29-43(30-36-48)41-17-6-2-7-18-41)49-37-31-44(32-38-49)42-19-8-3-9-20-42;1-54-51(40-21-10-4-11-22-40)50(39-19-8-3-9-20-39)53-52(54)41-31-35-44(36-32-41)56-46-26-15-14-25-45(46)49-47(27-16-28-48(49)56)55(42-23-12-5-13-24-42)43-33-29-38(30-34-43)37-17-6-2-7-18-37/h2-40H,1H3;2-36H,1H3. The zero-order valence-electron chi connectivity index (χ0n) is 65.3. The lowest BCUT2D eigenvalue weighted by molar-refractivity contribution is 0.933. The molecule has 0 spiro atoms. The van der Waals surface area contributed by atoms with Crippen LogP contribution in [0.25, 0.3) is 156 Å². The maximum Gasteiger partial charge on any atom is 0.140 e. The number of hydrogen-bond acceptors (Lipinski definition) is 4. The summed E-state index contributed by atoms with van der Waals surface area (Å²) in [6.45, 7) is 0. The van der Waals surface area contributed by atoms with Crippen molar-refractivity contribution >= 4 is 77.7 Å². The number of rotatable bonds is 17. The number of nitrogens with zero attached hydrogens (tertiary/aromatic N) is 8. The Morgan fingerprint density at radius 3 is 0.763 bits per heavy atom. The minimum Gasteiger partial charge on any atom is -0.327 e. The van der Waals surface area contributed by atoms with Gasteiger partial charge in [0, 0.05) is 103 Å². The topological polar surface area (TPSA) is 52.0 Å². The first kappa shape index (κ1) is 71.4. The SMILES string of the molecule is Cn1c(-c2ccc(-n3c4ccccc4c4c(N(c5ccc(-c6ccccc6)cc5)c5ccc(-c6ccccc6)cc5)cccc43)cc2)nc(-c2ccccc2)c1-c1ccccc1.Cn1c(-c2ccc(-n3c4ccccc4c4c(N(c5ccccc5)c5ccc(-c6ccccc6)cc5)cccc43)cc2)nc(-c2ccccc2)c1-c1ccccc1. The molecule has 8 nitrogen and oxygen atoms in total. The van der Waals surface area contributed by atoms with Gasteiger partial charge in [-0.1, -0.05) is 315 Å². The van der Waals surface area contributed by atoms with E-state index in [-0.39, 0.29) is 0 Å². The third kappa shape index (κ3) is 13.4. The molecule has 560 valence electrons. The first-order chi connectivity index (χ1) is 58.4. The van der Waals surface area contributed by atoms with Crippen LogP contribution in [0.4, 0.5) is 34.1 Å². The highest BCUT2D eigenvalue weighted by atomic mass is 15.2. The zero-order valence-corrected chi connectivity index (χ0v) is 65.3. The number of imidazole rings is 2. The second kappa shape index (κ2) is 31.4. The van der Waals surface area contributed by atoms with E-state index in [1.807, 2.05) is 6.07 Å². The molecule has 118 heavy (non-hydrogen) atoms. The first-order valence-electron chi connectivity index (χ1n) is 40.2. The van der Waals surface area contributed by atoms with Gasteiger partial charge in [-0.15, -0.1) is 0 Å². The summed E-state index contributed by atoms with van der Waals surface area (Å²) in [5, 5.41) is 4.79. The molecule has 0 unspecified atom stereocenters. The summed E-state index contributed by atoms with van der Waals surface area (Å²) in [6, 6.07) is 160. The maximum absolute atomic E-state index is 5.30. The molecule has 4 aromatic heterocycles. The number of benzene rings is 17. The molecule has 0 radical (unpaired) electrons. The van der Waals surface area contributed by atoms with Gasteiger partial charge < -0.3 is 28.1 Å². The van der Waals surface area contributed by atoms with E-state index < -0.39 is 0 Å². The van der Waals surface area contributed by atoms with E-state index >= 15 is 0 Å². The van der Waals surface area contributed by atoms with Gasteiger partial charge in [0.1, 0.15) is 11.6 Å². The van der Waals surface area contributed by atoms with E-state index in [1.165, 1.54) is 54.9 Å². The van der Waals surface area contributed by atoms with E-state index in [0.717, 1.165) is 135 Å². The van der Waals surface area contributed by atoms with Gasteiger partial charge in [-0.25, -0.2) is 9.97 Å². The molecule has 0 amide bonds. The van der Waals surface area contributed by atoms with Crippen LogP contribution in [0.15, 0.2) is 449 Å². The van der Waals surface area contributed by atoms with E-state index in [0.29, 0.717) is 0 Å². The number of hydrogen-bond donors (Lipinski definition) is 0. The summed E-state index contributed by atoms with van der Waals surface area (Å²) < 4.78 is 9.25. The minimum atomic E-state index is 0.922. The Kier molecular flexibility index (Phi) is 19.0. The molecule has 0 bridgehead atoms. The summed E-state index contributed by atoms with van der Waals surface area (Å²) in [7, 11) is 4.24. The number of anilines is 6. The van der Waals surface area contributed by atoms with Gasteiger partial charge in [0.05, 0.1) is 56.2 Å². The average molecular weight is 1510 g/mol. The molecule has 0 fully saturated rings. The highest BCUT2D eigenvalue weighted by Crippen LogP contribution is 2.48. The molecule has 4 heterocycles. The van der Waals surface area contributed by atoms with Crippen LogP contribution in [0.3, 0.4) is 0 Å². The lowest BCUT2D eigenvalue weighted by atomic mass is 10.0. The molecule has 0 aliphatic carbocycles. The molecule has 0 aliphatic rings. The van der Waals surface area contributed by atoms with Gasteiger partial charge in [-0.3, -0.25) is 0 Å². The third-order valence-corrected chi connectivity index (χ3v) is 22.7. The summed E-state index contributed by atoms with van der Waals surface area (Å²) >= 11 is 0. The molecule has 17 aromatic carbocycles. The van der Waals surface area contributed by atoms with Crippen LogP contribution in [0.1, 0.15) is 0 Å². The van der Waals surface area contributed by atoms with E-state index in [1.54, 1.807) is 0 Å². The van der Waals surface area contributed by atoms with Crippen molar-refractivity contribution in [1.29, 1.82) is 0 Å². The fourth-order valence-electron chi connectivity index (χ4n) is 17.1. The monoisotopic (exact) mass is 1510 g/mol. The van der Waals surface area contributed by atoms with Crippen LogP contribution in [-0.2, 0) is 14.1 Å². The second-order valence-corrected chi connectivity index (χ2v) is 29.7. The van der Waals surface area contributed by atoms with Gasteiger partial charge in [-0.2, -0.15) is 0 Å². The molecular formula is C110H80N8. The molecule has 0 N–H and O–H groups in total. The molecular weight excluding hydrogens is 1430 g/mol. The Hall–Kier alpha value is -15.6. The van der Waals surface area contributed by atoms with E-state index in [2.05, 4.69) is 485 Å². The maximum atomic E-state index is 5.30. The quantitative estimate of drug-likeness (QED) is 0.0912. The van der Waals surface area contributed by atoms with Crippen LogP contribution >= 0.6 is 0 Å². The first-order valence-corrected chi connectivity index (χ1v) is 40.2. The van der Waals surface area contributed by atoms with Crippen LogP contribution in [0.2, 0.25) is 0 Å². The van der Waals surface area contributed by atoms with Crippen molar-refractivity contribution in [2.75, 3.05) is 9.80 Å². The van der Waals surface area contributed by atoms with Crippen LogP contribution in [0, 0.1) is 0 Å². The highest BCUT2D eigenvalue weighted by Gasteiger charge is 2.27. The van der Waals surface area contributed by atoms with Gasteiger partial charge in [0.25, 0.3) is 0 Å². The molecule has 0 saturated heterocycles. The average Bonchev–Trinajstić information content (AvgIpc) is 1.58. The highest BCUT2D eigenvalue weighted by molar-refractivity contribution is 6.18. The van der Waals surface area contributed by atoms with Crippen molar-refractivity contribution < 1.29 is 0 Å². The van der Waals surface area contributed by atoms with Crippen molar-refractivity contribution in [3.8, 4) is 113 Å². The van der Waals surface area contributed by atoms with Crippen LogP contribution in [-0.4, -0.2) is 28.2 Å². The lowest BCUT2D eigenvalue weighted by Gasteiger charge is -2.27. The Bertz CT molecular complexity index is 7010. The molecule has 0 aliphatic heterocycles. The second-order valence-electron chi connectivity index (χ2n) is 29.7. The number of para-hydroxylation sites is 3. The lowest BCUT2D eigenvalue weighted by Crippen LogP contribution is -2.10. The summed E-state index contributed by atoms with van der Waals surface area (Å²) in [6.07, 6.45) is 0. The molecule has 0 saturated carbocycles. The van der Waals surface area contributed by atoms with Gasteiger partial charge in [0.15, 0.2) is 0 Å². The van der Waals surface area contributed by atoms with Gasteiger partial charge in [-0.05, 0) is 167 Å². The Labute approximate surface area is 686 Å². The predicted molar refractivity (Wildman–Crippen MR) is 493 cm³/mol. The fourth-order valence-corrected chi connectivity index (χ4v) is 17.1. The third-order valence-electron chi connectivity index (χ3n) is 22.7. The zero-order chi connectivity index (χ0) is 78.8. The van der Waals surface area contributed by atoms with E-state index in [4.69, 9.17) is 9.97 Å². The molecule has 21 rings (SSSR count). The normalized spacial score (nSPS) is 11.3. The molecule has 21 aromatic rings. The van der Waals surface area contributed by atoms with Crippen molar-refractivity contribution in [1.82, 2.24) is 28.2 Å². The molecule has 0 atom stereocenters. The number of aromatic nitrogens is 6. The molecule has 8 heteroatoms. The smallest absolute Gasteiger partial charge is 0.140 e. The fraction of sp³-hybridized carbons (Fsp3) is 0.0182. The Morgan fingerprint density at radius 1 is 0.195 bits per heavy atom. The predicted octanol–water partition coefficient (Wildman–Crippen LogP) is 29.0. The largest absolute Gasteiger partial charge is 0.327 e. The minimum absolute atomic E-state index is 0.922. The van der Waals surface area contributed by atoms with Crippen molar-refractivity contribution in [3.63, 3.8) is 0 Å².